The van der Waals surface area contributed by atoms with E-state index in [1.54, 1.807) is 6.07 Å². The number of nitrogens with one attached hydrogen (secondary N) is 2. The third-order valence-corrected chi connectivity index (χ3v) is 7.51. The SMILES string of the molecule is O=C(Nn1c([N+](=O)[O-])cc2ccccc21)C1(CCC2NCCc3ccccc32)CCCCC1. The predicted octanol–water partition coefficient (Wildman–Crippen LogP) is 5.24. The molecule has 7 nitrogen and oxygen atoms in total. The summed E-state index contributed by atoms with van der Waals surface area (Å²) < 4.78 is 1.36. The van der Waals surface area contributed by atoms with Crippen molar-refractivity contribution in [2.24, 2.45) is 5.41 Å². The van der Waals surface area contributed by atoms with E-state index in [0.29, 0.717) is 5.52 Å². The molecule has 7 heteroatoms. The van der Waals surface area contributed by atoms with Crippen LogP contribution in [0.25, 0.3) is 10.9 Å². The zero-order chi connectivity index (χ0) is 22.8. The van der Waals surface area contributed by atoms with E-state index < -0.39 is 10.3 Å². The maximum absolute atomic E-state index is 13.7. The molecule has 2 N–H and O–H groups in total. The molecule has 1 aliphatic carbocycles. The van der Waals surface area contributed by atoms with Crippen LogP contribution < -0.4 is 10.7 Å². The van der Waals surface area contributed by atoms with E-state index in [2.05, 4.69) is 35.0 Å². The fraction of sp³-hybridized carbons (Fsp3) is 0.423. The largest absolute Gasteiger partial charge is 0.358 e. The first-order valence-electron chi connectivity index (χ1n) is 11.9. The van der Waals surface area contributed by atoms with Gasteiger partial charge in [0.1, 0.15) is 0 Å². The maximum atomic E-state index is 13.7. The van der Waals surface area contributed by atoms with Gasteiger partial charge in [0.15, 0.2) is 5.52 Å². The minimum atomic E-state index is -0.508. The number of amides is 1. The number of aromatic nitrogens is 1. The first-order chi connectivity index (χ1) is 16.1. The Balaban J connectivity index is 1.41. The van der Waals surface area contributed by atoms with Crippen LogP contribution in [0.4, 0.5) is 5.82 Å². The van der Waals surface area contributed by atoms with Crippen molar-refractivity contribution in [3.8, 4) is 0 Å². The number of carbonyl (C=O) groups is 1. The predicted molar refractivity (Wildman–Crippen MR) is 129 cm³/mol. The van der Waals surface area contributed by atoms with Crippen LogP contribution in [0.5, 0.6) is 0 Å². The minimum Gasteiger partial charge on any atom is -0.358 e. The third-order valence-electron chi connectivity index (χ3n) is 7.51. The van der Waals surface area contributed by atoms with Gasteiger partial charge in [0.2, 0.25) is 0 Å². The Bertz CT molecular complexity index is 1180. The number of nitro groups is 1. The molecule has 2 aromatic carbocycles. The Kier molecular flexibility index (Phi) is 5.89. The topological polar surface area (TPSA) is 89.2 Å². The summed E-state index contributed by atoms with van der Waals surface area (Å²) in [5, 5.41) is 16.1. The second-order valence-corrected chi connectivity index (χ2v) is 9.43. The average Bonchev–Trinajstić information content (AvgIpc) is 3.22. The number of rotatable bonds is 6. The minimum absolute atomic E-state index is 0.101. The van der Waals surface area contributed by atoms with Gasteiger partial charge in [-0.25, -0.2) is 0 Å². The smallest absolute Gasteiger partial charge is 0.347 e. The van der Waals surface area contributed by atoms with E-state index in [0.717, 1.165) is 63.3 Å². The van der Waals surface area contributed by atoms with Crippen molar-refractivity contribution in [3.63, 3.8) is 0 Å². The van der Waals surface area contributed by atoms with Gasteiger partial charge in [-0.15, -0.1) is 4.68 Å². The molecular formula is C26H30N4O3. The van der Waals surface area contributed by atoms with Gasteiger partial charge < -0.3 is 15.4 Å². The number of fused-ring (bicyclic) bond motifs is 2. The van der Waals surface area contributed by atoms with Gasteiger partial charge in [0.25, 0.3) is 5.91 Å². The van der Waals surface area contributed by atoms with Crippen LogP contribution in [0.2, 0.25) is 0 Å². The highest BCUT2D eigenvalue weighted by atomic mass is 16.6. The molecule has 172 valence electrons. The van der Waals surface area contributed by atoms with E-state index in [1.807, 2.05) is 18.2 Å². The van der Waals surface area contributed by atoms with E-state index in [-0.39, 0.29) is 17.8 Å². The van der Waals surface area contributed by atoms with Gasteiger partial charge in [0.05, 0.1) is 5.41 Å². The summed E-state index contributed by atoms with van der Waals surface area (Å²) in [6.07, 6.45) is 7.46. The number of nitrogens with zero attached hydrogens (tertiary/aromatic N) is 2. The number of carbonyl (C=O) groups excluding carboxylic acids is 1. The highest BCUT2D eigenvalue weighted by Crippen LogP contribution is 2.43. The van der Waals surface area contributed by atoms with Crippen LogP contribution in [-0.4, -0.2) is 22.1 Å². The van der Waals surface area contributed by atoms with Gasteiger partial charge in [-0.1, -0.05) is 61.7 Å². The zero-order valence-electron chi connectivity index (χ0n) is 18.8. The monoisotopic (exact) mass is 446 g/mol. The van der Waals surface area contributed by atoms with Crippen molar-refractivity contribution in [1.82, 2.24) is 9.99 Å². The van der Waals surface area contributed by atoms with Crippen LogP contribution in [0.3, 0.4) is 0 Å². The van der Waals surface area contributed by atoms with Crippen LogP contribution in [0.1, 0.15) is 62.1 Å². The molecular weight excluding hydrogens is 416 g/mol. The first kappa shape index (κ1) is 21.6. The maximum Gasteiger partial charge on any atom is 0.347 e. The molecule has 1 atom stereocenters. The normalized spacial score (nSPS) is 19.7. The molecule has 0 spiro atoms. The van der Waals surface area contributed by atoms with Crippen molar-refractivity contribution in [1.29, 1.82) is 0 Å². The highest BCUT2D eigenvalue weighted by molar-refractivity contribution is 5.93. The molecule has 1 amide bonds. The van der Waals surface area contributed by atoms with Gasteiger partial charge in [-0.3, -0.25) is 4.79 Å². The molecule has 0 bridgehead atoms. The second kappa shape index (κ2) is 8.98. The van der Waals surface area contributed by atoms with E-state index >= 15 is 0 Å². The molecule has 2 heterocycles. The molecule has 2 aliphatic rings. The second-order valence-electron chi connectivity index (χ2n) is 9.43. The summed E-state index contributed by atoms with van der Waals surface area (Å²) in [6.45, 7) is 0.947. The van der Waals surface area contributed by atoms with Crippen molar-refractivity contribution in [3.05, 3.63) is 75.8 Å². The zero-order valence-corrected chi connectivity index (χ0v) is 18.8. The Morgan fingerprint density at radius 3 is 2.70 bits per heavy atom. The molecule has 3 aromatic rings. The molecule has 1 saturated carbocycles. The fourth-order valence-electron chi connectivity index (χ4n) is 5.70. The number of hydrogen-bond donors (Lipinski definition) is 2. The quantitative estimate of drug-likeness (QED) is 0.400. The Hall–Kier alpha value is -3.19. The van der Waals surface area contributed by atoms with Gasteiger partial charge >= 0.3 is 5.82 Å². The fourth-order valence-corrected chi connectivity index (χ4v) is 5.70. The molecule has 1 fully saturated rings. The average molecular weight is 447 g/mol. The number of para-hydroxylation sites is 1. The molecule has 33 heavy (non-hydrogen) atoms. The molecule has 1 aliphatic heterocycles. The Labute approximate surface area is 193 Å². The number of hydrogen-bond acceptors (Lipinski definition) is 4. The molecule has 1 aromatic heterocycles. The summed E-state index contributed by atoms with van der Waals surface area (Å²) in [5.41, 5.74) is 5.81. The number of benzene rings is 2. The standard InChI is InChI=1S/C26H30N4O3/c31-25(28-29-23-11-5-3-9-20(23)18-24(29)30(32)33)26(14-6-1-7-15-26)16-12-22-21-10-4-2-8-19(21)13-17-27-22/h2-5,8-11,18,22,27H,1,6-7,12-17H2,(H,28,31). The van der Waals surface area contributed by atoms with E-state index in [4.69, 9.17) is 0 Å². The first-order valence-corrected chi connectivity index (χ1v) is 11.9. The lowest BCUT2D eigenvalue weighted by Crippen LogP contribution is -2.42. The lowest BCUT2D eigenvalue weighted by Gasteiger charge is -2.37. The van der Waals surface area contributed by atoms with Crippen LogP contribution in [-0.2, 0) is 11.2 Å². The Morgan fingerprint density at radius 1 is 1.12 bits per heavy atom. The lowest BCUT2D eigenvalue weighted by molar-refractivity contribution is -0.391. The molecule has 5 rings (SSSR count). The van der Waals surface area contributed by atoms with Gasteiger partial charge in [-0.2, -0.15) is 5.43 Å². The highest BCUT2D eigenvalue weighted by Gasteiger charge is 2.41. The summed E-state index contributed by atoms with van der Waals surface area (Å²) in [5.74, 6) is -0.214. The van der Waals surface area contributed by atoms with Crippen molar-refractivity contribution < 1.29 is 9.72 Å². The van der Waals surface area contributed by atoms with Crippen molar-refractivity contribution in [2.75, 3.05) is 12.0 Å². The molecule has 0 saturated heterocycles. The Morgan fingerprint density at radius 2 is 1.88 bits per heavy atom. The molecule has 1 unspecified atom stereocenters. The van der Waals surface area contributed by atoms with Crippen LogP contribution in [0, 0.1) is 15.5 Å². The van der Waals surface area contributed by atoms with Gasteiger partial charge in [0, 0.05) is 17.5 Å². The van der Waals surface area contributed by atoms with Crippen LogP contribution in [0.15, 0.2) is 54.6 Å². The summed E-state index contributed by atoms with van der Waals surface area (Å²) >= 11 is 0. The summed E-state index contributed by atoms with van der Waals surface area (Å²) in [6, 6.07) is 17.6. The van der Waals surface area contributed by atoms with E-state index in [1.165, 1.54) is 21.9 Å². The third kappa shape index (κ3) is 4.13. The molecule has 0 radical (unpaired) electrons. The van der Waals surface area contributed by atoms with Crippen molar-refractivity contribution >= 4 is 22.6 Å². The lowest BCUT2D eigenvalue weighted by atomic mass is 9.69. The summed E-state index contributed by atoms with van der Waals surface area (Å²) in [7, 11) is 0. The van der Waals surface area contributed by atoms with Crippen molar-refractivity contribution in [2.45, 2.75) is 57.4 Å². The van der Waals surface area contributed by atoms with Crippen LogP contribution >= 0.6 is 0 Å². The van der Waals surface area contributed by atoms with E-state index in [9.17, 15) is 14.9 Å². The summed E-state index contributed by atoms with van der Waals surface area (Å²) in [4.78, 5) is 25.0. The van der Waals surface area contributed by atoms with Gasteiger partial charge in [-0.05, 0) is 60.8 Å².